The number of hydrogen-bond acceptors (Lipinski definition) is 4. The van der Waals surface area contributed by atoms with E-state index in [0.29, 0.717) is 22.8 Å². The van der Waals surface area contributed by atoms with Gasteiger partial charge in [-0.1, -0.05) is 12.2 Å². The van der Waals surface area contributed by atoms with Crippen molar-refractivity contribution in [1.29, 1.82) is 0 Å². The molecule has 1 rings (SSSR count). The standard InChI is InChI=1S/C9H13BrN2O2S3/c1-6-7(5-8(10)16-6)17(13,14)12(2)4-3-9(11)15/h5H,3-4H2,1-2H3,(H2,11,15). The molecular formula is C9H13BrN2O2S3. The van der Waals surface area contributed by atoms with E-state index in [1.54, 1.807) is 13.0 Å². The van der Waals surface area contributed by atoms with Crippen molar-refractivity contribution in [2.45, 2.75) is 18.2 Å². The zero-order valence-electron chi connectivity index (χ0n) is 9.44. The van der Waals surface area contributed by atoms with Crippen LogP contribution in [0.3, 0.4) is 0 Å². The number of thiocarbonyl (C=S) groups is 1. The molecular weight excluding hydrogens is 344 g/mol. The van der Waals surface area contributed by atoms with Crippen LogP contribution >= 0.6 is 39.5 Å². The van der Waals surface area contributed by atoms with Crippen LogP contribution in [0, 0.1) is 6.92 Å². The fourth-order valence-corrected chi connectivity index (χ4v) is 4.88. The molecule has 0 aliphatic rings. The van der Waals surface area contributed by atoms with Crippen LogP contribution in [0.25, 0.3) is 0 Å². The smallest absolute Gasteiger partial charge is 0.243 e. The largest absolute Gasteiger partial charge is 0.393 e. The lowest BCUT2D eigenvalue weighted by atomic mass is 10.4. The highest BCUT2D eigenvalue weighted by Gasteiger charge is 2.24. The minimum atomic E-state index is -3.45. The van der Waals surface area contributed by atoms with Crippen molar-refractivity contribution in [1.82, 2.24) is 4.31 Å². The summed E-state index contributed by atoms with van der Waals surface area (Å²) in [7, 11) is -1.92. The molecule has 0 aliphatic heterocycles. The summed E-state index contributed by atoms with van der Waals surface area (Å²) in [4.78, 5) is 1.41. The molecule has 4 nitrogen and oxygen atoms in total. The Labute approximate surface area is 119 Å². The van der Waals surface area contributed by atoms with Gasteiger partial charge in [0.2, 0.25) is 10.0 Å². The third kappa shape index (κ3) is 3.72. The summed E-state index contributed by atoms with van der Waals surface area (Å²) in [5.74, 6) is 0. The number of hydrogen-bond donors (Lipinski definition) is 1. The summed E-state index contributed by atoms with van der Waals surface area (Å²) in [6, 6.07) is 1.62. The van der Waals surface area contributed by atoms with E-state index in [4.69, 9.17) is 18.0 Å². The summed E-state index contributed by atoms with van der Waals surface area (Å²) >= 11 is 9.41. The number of nitrogens with two attached hydrogens (primary N) is 1. The maximum atomic E-state index is 12.2. The van der Waals surface area contributed by atoms with Crippen LogP contribution in [-0.4, -0.2) is 31.3 Å². The lowest BCUT2D eigenvalue weighted by Gasteiger charge is -2.16. The van der Waals surface area contributed by atoms with Gasteiger partial charge in [-0.3, -0.25) is 0 Å². The first kappa shape index (κ1) is 15.0. The van der Waals surface area contributed by atoms with E-state index in [1.807, 2.05) is 0 Å². The van der Waals surface area contributed by atoms with Crippen LogP contribution in [0.1, 0.15) is 11.3 Å². The zero-order chi connectivity index (χ0) is 13.2. The van der Waals surface area contributed by atoms with Gasteiger partial charge in [0.15, 0.2) is 0 Å². The molecule has 0 spiro atoms. The van der Waals surface area contributed by atoms with Crippen LogP contribution in [-0.2, 0) is 10.0 Å². The second-order valence-electron chi connectivity index (χ2n) is 3.51. The second kappa shape index (κ2) is 5.75. The van der Waals surface area contributed by atoms with Gasteiger partial charge in [-0.25, -0.2) is 12.7 Å². The lowest BCUT2D eigenvalue weighted by Crippen LogP contribution is -2.30. The molecule has 0 bridgehead atoms. The van der Waals surface area contributed by atoms with Gasteiger partial charge in [-0.05, 0) is 28.9 Å². The molecule has 0 saturated carbocycles. The molecule has 1 heterocycles. The Morgan fingerprint density at radius 2 is 2.24 bits per heavy atom. The number of sulfonamides is 1. The normalized spacial score (nSPS) is 12.0. The molecule has 8 heteroatoms. The second-order valence-corrected chi connectivity index (χ2v) is 8.69. The monoisotopic (exact) mass is 356 g/mol. The van der Waals surface area contributed by atoms with Gasteiger partial charge >= 0.3 is 0 Å². The molecule has 0 aromatic carbocycles. The molecule has 0 radical (unpaired) electrons. The first-order valence-corrected chi connectivity index (χ1v) is 8.21. The summed E-state index contributed by atoms with van der Waals surface area (Å²) in [6.45, 7) is 2.08. The number of thiophene rings is 1. The Balaban J connectivity index is 2.95. The number of aryl methyl sites for hydroxylation is 1. The van der Waals surface area contributed by atoms with Crippen molar-refractivity contribution >= 4 is 54.5 Å². The molecule has 2 N–H and O–H groups in total. The van der Waals surface area contributed by atoms with E-state index in [2.05, 4.69) is 15.9 Å². The van der Waals surface area contributed by atoms with E-state index in [1.165, 1.54) is 22.7 Å². The topological polar surface area (TPSA) is 63.4 Å². The Morgan fingerprint density at radius 3 is 2.65 bits per heavy atom. The minimum Gasteiger partial charge on any atom is -0.393 e. The average Bonchev–Trinajstić information content (AvgIpc) is 2.54. The van der Waals surface area contributed by atoms with Crippen molar-refractivity contribution in [2.24, 2.45) is 5.73 Å². The Kier molecular flexibility index (Phi) is 5.08. The van der Waals surface area contributed by atoms with E-state index < -0.39 is 10.0 Å². The lowest BCUT2D eigenvalue weighted by molar-refractivity contribution is 0.478. The Bertz CT molecular complexity index is 524. The van der Waals surface area contributed by atoms with Crippen molar-refractivity contribution < 1.29 is 8.42 Å². The highest BCUT2D eigenvalue weighted by Crippen LogP contribution is 2.31. The van der Waals surface area contributed by atoms with E-state index >= 15 is 0 Å². The molecule has 0 unspecified atom stereocenters. The van der Waals surface area contributed by atoms with E-state index in [9.17, 15) is 8.42 Å². The fourth-order valence-electron chi connectivity index (χ4n) is 1.24. The van der Waals surface area contributed by atoms with Gasteiger partial charge in [0.05, 0.1) is 13.7 Å². The number of nitrogens with zero attached hydrogens (tertiary/aromatic N) is 1. The Morgan fingerprint density at radius 1 is 1.65 bits per heavy atom. The predicted molar refractivity (Wildman–Crippen MR) is 78.0 cm³/mol. The molecule has 17 heavy (non-hydrogen) atoms. The van der Waals surface area contributed by atoms with Crippen molar-refractivity contribution in [3.8, 4) is 0 Å². The number of halogens is 1. The van der Waals surface area contributed by atoms with E-state index in [-0.39, 0.29) is 0 Å². The predicted octanol–water partition coefficient (Wildman–Crippen LogP) is 2.12. The van der Waals surface area contributed by atoms with Crippen molar-refractivity contribution in [2.75, 3.05) is 13.6 Å². The van der Waals surface area contributed by atoms with E-state index in [0.717, 1.165) is 8.66 Å². The average molecular weight is 357 g/mol. The van der Waals surface area contributed by atoms with Crippen LogP contribution in [0.2, 0.25) is 0 Å². The fraction of sp³-hybridized carbons (Fsp3) is 0.444. The number of rotatable bonds is 5. The zero-order valence-corrected chi connectivity index (χ0v) is 13.5. The molecule has 0 saturated heterocycles. The quantitative estimate of drug-likeness (QED) is 0.820. The van der Waals surface area contributed by atoms with Crippen molar-refractivity contribution in [3.05, 3.63) is 14.7 Å². The highest BCUT2D eigenvalue weighted by molar-refractivity contribution is 9.11. The third-order valence-corrected chi connectivity index (χ3v) is 6.07. The van der Waals surface area contributed by atoms with Gasteiger partial charge < -0.3 is 5.73 Å². The molecule has 0 aliphatic carbocycles. The van der Waals surface area contributed by atoms with Gasteiger partial charge in [0.25, 0.3) is 0 Å². The van der Waals surface area contributed by atoms with Crippen LogP contribution < -0.4 is 5.73 Å². The maximum Gasteiger partial charge on any atom is 0.243 e. The van der Waals surface area contributed by atoms with Crippen LogP contribution in [0.5, 0.6) is 0 Å². The summed E-state index contributed by atoms with van der Waals surface area (Å²) in [5, 5.41) is 0. The summed E-state index contributed by atoms with van der Waals surface area (Å²) < 4.78 is 26.5. The minimum absolute atomic E-state index is 0.296. The SMILES string of the molecule is Cc1sc(Br)cc1S(=O)(=O)N(C)CCC(N)=S. The maximum absolute atomic E-state index is 12.2. The molecule has 0 fully saturated rings. The molecule has 0 amide bonds. The summed E-state index contributed by atoms with van der Waals surface area (Å²) in [5.41, 5.74) is 5.36. The van der Waals surface area contributed by atoms with Crippen LogP contribution in [0.15, 0.2) is 14.7 Å². The third-order valence-electron chi connectivity index (χ3n) is 2.20. The van der Waals surface area contributed by atoms with Gasteiger partial charge in [-0.15, -0.1) is 11.3 Å². The van der Waals surface area contributed by atoms with Crippen LogP contribution in [0.4, 0.5) is 0 Å². The Hall–Kier alpha value is -0.0200. The van der Waals surface area contributed by atoms with Gasteiger partial charge in [0.1, 0.15) is 0 Å². The van der Waals surface area contributed by atoms with Gasteiger partial charge in [0, 0.05) is 24.9 Å². The molecule has 96 valence electrons. The first-order chi connectivity index (χ1) is 7.75. The van der Waals surface area contributed by atoms with Crippen molar-refractivity contribution in [3.63, 3.8) is 0 Å². The first-order valence-electron chi connectivity index (χ1n) is 4.75. The summed E-state index contributed by atoms with van der Waals surface area (Å²) in [6.07, 6.45) is 0.384. The molecule has 1 aromatic rings. The molecule has 0 atom stereocenters. The molecule has 1 aromatic heterocycles. The highest BCUT2D eigenvalue weighted by atomic mass is 79.9. The van der Waals surface area contributed by atoms with Gasteiger partial charge in [-0.2, -0.15) is 0 Å².